The predicted molar refractivity (Wildman–Crippen MR) is 65.4 cm³/mol. The van der Waals surface area contributed by atoms with Gasteiger partial charge < -0.3 is 15.2 Å². The number of halogens is 2. The molecule has 2 N–H and O–H groups in total. The van der Waals surface area contributed by atoms with Crippen molar-refractivity contribution in [2.75, 3.05) is 13.2 Å². The van der Waals surface area contributed by atoms with Gasteiger partial charge in [0.2, 0.25) is 0 Å². The molecule has 19 heavy (non-hydrogen) atoms. The molecule has 2 unspecified atom stereocenters. The Bertz CT molecular complexity index is 440. The summed E-state index contributed by atoms with van der Waals surface area (Å²) >= 11 is 0. The molecular formula is C13H17F2NO3. The van der Waals surface area contributed by atoms with E-state index in [1.54, 1.807) is 13.8 Å². The first kappa shape index (κ1) is 15.5. The molecule has 0 saturated carbocycles. The third-order valence-corrected chi connectivity index (χ3v) is 2.58. The molecule has 0 spiro atoms. The Morgan fingerprint density at radius 2 is 2.16 bits per heavy atom. The molecule has 1 aromatic rings. The average Bonchev–Trinajstić information content (AvgIpc) is 2.35. The molecule has 0 aromatic heterocycles. The minimum Gasteiger partial charge on any atom is -0.465 e. The van der Waals surface area contributed by atoms with Crippen LogP contribution in [0.15, 0.2) is 18.2 Å². The second-order valence-corrected chi connectivity index (χ2v) is 4.06. The van der Waals surface area contributed by atoms with Crippen molar-refractivity contribution in [3.05, 3.63) is 35.4 Å². The maximum Gasteiger partial charge on any atom is 0.322 e. The van der Waals surface area contributed by atoms with E-state index in [9.17, 15) is 18.7 Å². The Labute approximate surface area is 110 Å². The van der Waals surface area contributed by atoms with E-state index in [4.69, 9.17) is 4.74 Å². The van der Waals surface area contributed by atoms with Crippen molar-refractivity contribution in [2.45, 2.75) is 26.0 Å². The first-order valence-electron chi connectivity index (χ1n) is 5.98. The second-order valence-electron chi connectivity index (χ2n) is 4.06. The molecule has 4 nitrogen and oxygen atoms in total. The molecule has 6 heteroatoms. The van der Waals surface area contributed by atoms with Crippen LogP contribution in [0.3, 0.4) is 0 Å². The van der Waals surface area contributed by atoms with Crippen molar-refractivity contribution >= 4 is 5.97 Å². The first-order valence-corrected chi connectivity index (χ1v) is 5.98. The quantitative estimate of drug-likeness (QED) is 0.772. The highest BCUT2D eigenvalue weighted by Gasteiger charge is 2.18. The number of hydrogen-bond acceptors (Lipinski definition) is 4. The molecule has 106 valence electrons. The van der Waals surface area contributed by atoms with E-state index in [1.165, 1.54) is 6.07 Å². The summed E-state index contributed by atoms with van der Waals surface area (Å²) in [5, 5.41) is 12.5. The van der Waals surface area contributed by atoms with Gasteiger partial charge in [-0.15, -0.1) is 0 Å². The lowest BCUT2D eigenvalue weighted by atomic mass is 10.1. The lowest BCUT2D eigenvalue weighted by Crippen LogP contribution is -2.38. The van der Waals surface area contributed by atoms with Crippen LogP contribution in [0.25, 0.3) is 0 Å². The Hall–Kier alpha value is -1.53. The van der Waals surface area contributed by atoms with E-state index in [1.807, 2.05) is 0 Å². The van der Waals surface area contributed by atoms with Gasteiger partial charge in [0.15, 0.2) is 0 Å². The molecule has 0 aliphatic carbocycles. The van der Waals surface area contributed by atoms with Crippen molar-refractivity contribution in [1.82, 2.24) is 5.32 Å². The molecule has 0 amide bonds. The molecule has 0 radical (unpaired) electrons. The number of ether oxygens (including phenoxy) is 1. The maximum absolute atomic E-state index is 13.4. The van der Waals surface area contributed by atoms with Crippen molar-refractivity contribution in [1.29, 1.82) is 0 Å². The molecule has 0 bridgehead atoms. The largest absolute Gasteiger partial charge is 0.465 e. The Balaban J connectivity index is 2.55. The molecular weight excluding hydrogens is 256 g/mol. The van der Waals surface area contributed by atoms with E-state index < -0.39 is 29.7 Å². The summed E-state index contributed by atoms with van der Waals surface area (Å²) in [4.78, 5) is 11.3. The number of esters is 1. The zero-order valence-electron chi connectivity index (χ0n) is 10.8. The van der Waals surface area contributed by atoms with E-state index in [0.29, 0.717) is 6.07 Å². The summed E-state index contributed by atoms with van der Waals surface area (Å²) in [6, 6.07) is 2.33. The second kappa shape index (κ2) is 7.16. The fourth-order valence-corrected chi connectivity index (χ4v) is 1.52. The van der Waals surface area contributed by atoms with E-state index in [0.717, 1.165) is 6.07 Å². The standard InChI is InChI=1S/C13H17F2NO3/c1-3-19-13(18)8(2)16-7-12(17)10-5-4-9(14)6-11(10)15/h4-6,8,12,16-17H,3,7H2,1-2H3. The lowest BCUT2D eigenvalue weighted by Gasteiger charge is -2.16. The summed E-state index contributed by atoms with van der Waals surface area (Å²) < 4.78 is 30.9. The summed E-state index contributed by atoms with van der Waals surface area (Å²) in [6.45, 7) is 3.49. The van der Waals surface area contributed by atoms with Crippen LogP contribution in [0.4, 0.5) is 8.78 Å². The molecule has 1 aromatic carbocycles. The van der Waals surface area contributed by atoms with E-state index in [-0.39, 0.29) is 18.7 Å². The SMILES string of the molecule is CCOC(=O)C(C)NCC(O)c1ccc(F)cc1F. The number of benzene rings is 1. The third kappa shape index (κ3) is 4.57. The molecule has 2 atom stereocenters. The van der Waals surface area contributed by atoms with Gasteiger partial charge in [0, 0.05) is 18.2 Å². The van der Waals surface area contributed by atoms with Crippen molar-refractivity contribution < 1.29 is 23.4 Å². The van der Waals surface area contributed by atoms with Gasteiger partial charge in [-0.1, -0.05) is 6.07 Å². The smallest absolute Gasteiger partial charge is 0.322 e. The highest BCUT2D eigenvalue weighted by molar-refractivity contribution is 5.75. The number of aliphatic hydroxyl groups is 1. The van der Waals surface area contributed by atoms with Gasteiger partial charge in [0.25, 0.3) is 0 Å². The molecule has 0 aliphatic rings. The minimum absolute atomic E-state index is 0.0232. The summed E-state index contributed by atoms with van der Waals surface area (Å²) in [7, 11) is 0. The zero-order chi connectivity index (χ0) is 14.4. The van der Waals surface area contributed by atoms with Crippen LogP contribution in [-0.4, -0.2) is 30.3 Å². The van der Waals surface area contributed by atoms with Gasteiger partial charge >= 0.3 is 5.97 Å². The number of aliphatic hydroxyl groups excluding tert-OH is 1. The van der Waals surface area contributed by atoms with Crippen LogP contribution in [-0.2, 0) is 9.53 Å². The average molecular weight is 273 g/mol. The highest BCUT2D eigenvalue weighted by Crippen LogP contribution is 2.17. The van der Waals surface area contributed by atoms with Gasteiger partial charge in [-0.05, 0) is 19.9 Å². The van der Waals surface area contributed by atoms with Crippen LogP contribution in [0.5, 0.6) is 0 Å². The highest BCUT2D eigenvalue weighted by atomic mass is 19.1. The van der Waals surface area contributed by atoms with Gasteiger partial charge in [0.05, 0.1) is 12.7 Å². The van der Waals surface area contributed by atoms with Crippen LogP contribution >= 0.6 is 0 Å². The third-order valence-electron chi connectivity index (χ3n) is 2.58. The zero-order valence-corrected chi connectivity index (χ0v) is 10.8. The van der Waals surface area contributed by atoms with Crippen LogP contribution < -0.4 is 5.32 Å². The van der Waals surface area contributed by atoms with Gasteiger partial charge in [-0.3, -0.25) is 4.79 Å². The topological polar surface area (TPSA) is 58.6 Å². The number of carbonyl (C=O) groups excluding carboxylic acids is 1. The molecule has 1 rings (SSSR count). The summed E-state index contributed by atoms with van der Waals surface area (Å²) in [5.41, 5.74) is -0.0232. The van der Waals surface area contributed by atoms with Gasteiger partial charge in [-0.2, -0.15) is 0 Å². The molecule has 0 heterocycles. The number of nitrogens with one attached hydrogen (secondary N) is 1. The summed E-state index contributed by atoms with van der Waals surface area (Å²) in [6.07, 6.45) is -1.17. The van der Waals surface area contributed by atoms with Gasteiger partial charge in [-0.25, -0.2) is 8.78 Å². The molecule has 0 aliphatic heterocycles. The molecule has 0 fully saturated rings. The van der Waals surface area contributed by atoms with Gasteiger partial charge in [0.1, 0.15) is 17.7 Å². The Morgan fingerprint density at radius 3 is 2.74 bits per heavy atom. The van der Waals surface area contributed by atoms with Crippen molar-refractivity contribution in [2.24, 2.45) is 0 Å². The first-order chi connectivity index (χ1) is 8.95. The normalized spacial score (nSPS) is 13.9. The Morgan fingerprint density at radius 1 is 1.47 bits per heavy atom. The fraction of sp³-hybridized carbons (Fsp3) is 0.462. The fourth-order valence-electron chi connectivity index (χ4n) is 1.52. The van der Waals surface area contributed by atoms with Crippen LogP contribution in [0.2, 0.25) is 0 Å². The van der Waals surface area contributed by atoms with Crippen molar-refractivity contribution in [3.8, 4) is 0 Å². The summed E-state index contributed by atoms with van der Waals surface area (Å²) in [5.74, 6) is -1.98. The minimum atomic E-state index is -1.17. The van der Waals surface area contributed by atoms with E-state index in [2.05, 4.69) is 5.32 Å². The lowest BCUT2D eigenvalue weighted by molar-refractivity contribution is -0.145. The number of carbonyl (C=O) groups is 1. The van der Waals surface area contributed by atoms with Crippen molar-refractivity contribution in [3.63, 3.8) is 0 Å². The number of hydrogen-bond donors (Lipinski definition) is 2. The molecule has 0 saturated heterocycles. The van der Waals surface area contributed by atoms with Crippen LogP contribution in [0.1, 0.15) is 25.5 Å². The predicted octanol–water partition coefficient (Wildman–Crippen LogP) is 1.54. The Kier molecular flexibility index (Phi) is 5.85. The maximum atomic E-state index is 13.4. The van der Waals surface area contributed by atoms with E-state index >= 15 is 0 Å². The monoisotopic (exact) mass is 273 g/mol. The van der Waals surface area contributed by atoms with Crippen LogP contribution in [0, 0.1) is 11.6 Å². The number of rotatable bonds is 6.